The molecule has 1 aromatic carbocycles. The molecule has 1 heterocycles. The Morgan fingerprint density at radius 1 is 1.20 bits per heavy atom. The molecule has 0 radical (unpaired) electrons. The summed E-state index contributed by atoms with van der Waals surface area (Å²) in [7, 11) is 0. The van der Waals surface area contributed by atoms with Gasteiger partial charge >= 0.3 is 5.97 Å². The largest absolute Gasteiger partial charge is 0.478 e. The first-order valence-electron chi connectivity index (χ1n) is 6.78. The number of carboxylic acids is 1. The molecule has 1 aliphatic heterocycles. The van der Waals surface area contributed by atoms with Gasteiger partial charge in [0.25, 0.3) is 0 Å². The van der Waals surface area contributed by atoms with Crippen molar-refractivity contribution in [3.8, 4) is 0 Å². The lowest BCUT2D eigenvalue weighted by atomic mass is 9.85. The molecule has 0 spiro atoms. The van der Waals surface area contributed by atoms with Crippen LogP contribution in [0.4, 0.5) is 14.5 Å². The summed E-state index contributed by atoms with van der Waals surface area (Å²) >= 11 is 0. The number of nitrogens with zero attached hydrogens (tertiary/aromatic N) is 1. The van der Waals surface area contributed by atoms with E-state index in [2.05, 4.69) is 13.8 Å². The fourth-order valence-corrected chi connectivity index (χ4v) is 2.61. The number of rotatable bonds is 2. The fraction of sp³-hybridized carbons (Fsp3) is 0.533. The minimum Gasteiger partial charge on any atom is -0.478 e. The highest BCUT2D eigenvalue weighted by atomic mass is 19.2. The van der Waals surface area contributed by atoms with E-state index in [1.807, 2.05) is 0 Å². The maximum absolute atomic E-state index is 14.1. The Balaban J connectivity index is 2.29. The van der Waals surface area contributed by atoms with Crippen molar-refractivity contribution < 1.29 is 18.7 Å². The molecule has 0 amide bonds. The van der Waals surface area contributed by atoms with Gasteiger partial charge in [0.15, 0.2) is 11.6 Å². The highest BCUT2D eigenvalue weighted by Crippen LogP contribution is 2.33. The molecule has 3 nitrogen and oxygen atoms in total. The highest BCUT2D eigenvalue weighted by molar-refractivity contribution is 5.88. The highest BCUT2D eigenvalue weighted by Gasteiger charge is 2.26. The van der Waals surface area contributed by atoms with Gasteiger partial charge in [-0.1, -0.05) is 13.8 Å². The molecule has 0 aromatic heterocycles. The summed E-state index contributed by atoms with van der Waals surface area (Å²) < 4.78 is 27.8. The van der Waals surface area contributed by atoms with Crippen molar-refractivity contribution >= 4 is 11.7 Å². The van der Waals surface area contributed by atoms with E-state index in [4.69, 9.17) is 5.11 Å². The van der Waals surface area contributed by atoms with Gasteiger partial charge in [0.1, 0.15) is 0 Å². The van der Waals surface area contributed by atoms with Gasteiger partial charge in [0.05, 0.1) is 11.3 Å². The van der Waals surface area contributed by atoms with Gasteiger partial charge in [0, 0.05) is 13.1 Å². The topological polar surface area (TPSA) is 40.5 Å². The van der Waals surface area contributed by atoms with Crippen LogP contribution in [0.2, 0.25) is 0 Å². The van der Waals surface area contributed by atoms with Gasteiger partial charge in [-0.15, -0.1) is 0 Å². The van der Waals surface area contributed by atoms with Crippen molar-refractivity contribution in [1.82, 2.24) is 0 Å². The Morgan fingerprint density at radius 2 is 1.90 bits per heavy atom. The average Bonchev–Trinajstić information content (AvgIpc) is 2.53. The van der Waals surface area contributed by atoms with Crippen LogP contribution in [0.25, 0.3) is 0 Å². The van der Waals surface area contributed by atoms with Crippen LogP contribution in [0.3, 0.4) is 0 Å². The molecule has 1 saturated heterocycles. The molecule has 1 aliphatic rings. The zero-order valence-corrected chi connectivity index (χ0v) is 11.7. The normalized spacial score (nSPS) is 18.7. The first-order valence-corrected chi connectivity index (χ1v) is 6.78. The summed E-state index contributed by atoms with van der Waals surface area (Å²) in [6.45, 7) is 5.64. The predicted octanol–water partition coefficient (Wildman–Crippen LogP) is 3.68. The van der Waals surface area contributed by atoms with Gasteiger partial charge in [-0.25, -0.2) is 13.6 Å². The molecule has 0 bridgehead atoms. The molecular weight excluding hydrogens is 264 g/mol. The predicted molar refractivity (Wildman–Crippen MR) is 73.2 cm³/mol. The van der Waals surface area contributed by atoms with Gasteiger partial charge < -0.3 is 10.0 Å². The SMILES string of the molecule is CC1(C)CCCN(c2ccc(C(=O)O)c(F)c2F)CC1. The average molecular weight is 283 g/mol. The number of hydrogen-bond acceptors (Lipinski definition) is 2. The van der Waals surface area contributed by atoms with Crippen LogP contribution in [-0.2, 0) is 0 Å². The molecule has 1 aromatic rings. The molecular formula is C15H19F2NO2. The number of anilines is 1. The van der Waals surface area contributed by atoms with Crippen LogP contribution in [0.15, 0.2) is 12.1 Å². The molecule has 0 aliphatic carbocycles. The molecule has 0 atom stereocenters. The molecule has 5 heteroatoms. The van der Waals surface area contributed by atoms with Crippen molar-refractivity contribution in [1.29, 1.82) is 0 Å². The molecule has 1 fully saturated rings. The first kappa shape index (κ1) is 14.8. The summed E-state index contributed by atoms with van der Waals surface area (Å²) in [5.41, 5.74) is -0.267. The number of carboxylic acid groups (broad SMARTS) is 1. The second-order valence-electron chi connectivity index (χ2n) is 6.07. The summed E-state index contributed by atoms with van der Waals surface area (Å²) in [4.78, 5) is 12.6. The Bertz CT molecular complexity index is 529. The summed E-state index contributed by atoms with van der Waals surface area (Å²) in [6, 6.07) is 2.49. The Morgan fingerprint density at radius 3 is 2.55 bits per heavy atom. The van der Waals surface area contributed by atoms with E-state index in [1.165, 1.54) is 6.07 Å². The second kappa shape index (κ2) is 5.38. The third-order valence-electron chi connectivity index (χ3n) is 3.97. The lowest BCUT2D eigenvalue weighted by molar-refractivity contribution is 0.0690. The number of halogens is 2. The van der Waals surface area contributed by atoms with Crippen molar-refractivity contribution in [2.24, 2.45) is 5.41 Å². The number of benzene rings is 1. The first-order chi connectivity index (χ1) is 9.32. The van der Waals surface area contributed by atoms with Crippen molar-refractivity contribution in [3.05, 3.63) is 29.3 Å². The van der Waals surface area contributed by atoms with Crippen LogP contribution in [-0.4, -0.2) is 24.2 Å². The Labute approximate surface area is 117 Å². The summed E-state index contributed by atoms with van der Waals surface area (Å²) in [6.07, 6.45) is 2.85. The molecule has 0 unspecified atom stereocenters. The quantitative estimate of drug-likeness (QED) is 0.900. The van der Waals surface area contributed by atoms with E-state index in [-0.39, 0.29) is 11.1 Å². The Kier molecular flexibility index (Phi) is 3.97. The van der Waals surface area contributed by atoms with E-state index in [1.54, 1.807) is 4.90 Å². The lowest BCUT2D eigenvalue weighted by Crippen LogP contribution is -2.26. The van der Waals surface area contributed by atoms with E-state index in [9.17, 15) is 13.6 Å². The number of aromatic carboxylic acids is 1. The summed E-state index contributed by atoms with van der Waals surface area (Å²) in [5, 5.41) is 8.78. The van der Waals surface area contributed by atoms with E-state index in [0.717, 1.165) is 25.3 Å². The number of carbonyl (C=O) groups is 1. The molecule has 20 heavy (non-hydrogen) atoms. The Hall–Kier alpha value is -1.65. The maximum Gasteiger partial charge on any atom is 0.338 e. The summed E-state index contributed by atoms with van der Waals surface area (Å²) in [5.74, 6) is -3.80. The third kappa shape index (κ3) is 2.92. The third-order valence-corrected chi connectivity index (χ3v) is 3.97. The van der Waals surface area contributed by atoms with Gasteiger partial charge in [-0.05, 0) is 36.8 Å². The van der Waals surface area contributed by atoms with Crippen molar-refractivity contribution in [2.45, 2.75) is 33.1 Å². The maximum atomic E-state index is 14.1. The molecule has 110 valence electrons. The van der Waals surface area contributed by atoms with Gasteiger partial charge in [-0.2, -0.15) is 0 Å². The smallest absolute Gasteiger partial charge is 0.338 e. The standard InChI is InChI=1S/C15H19F2NO2/c1-15(2)6-3-8-18(9-7-15)11-5-4-10(14(19)20)12(16)13(11)17/h4-5H,3,6-9H2,1-2H3,(H,19,20). The van der Waals surface area contributed by atoms with Crippen LogP contribution in [0, 0.1) is 17.0 Å². The molecule has 1 N–H and O–H groups in total. The monoisotopic (exact) mass is 283 g/mol. The van der Waals surface area contributed by atoms with E-state index in [0.29, 0.717) is 13.1 Å². The van der Waals surface area contributed by atoms with Gasteiger partial charge in [0.2, 0.25) is 0 Å². The second-order valence-corrected chi connectivity index (χ2v) is 6.07. The zero-order chi connectivity index (χ0) is 14.9. The van der Waals surface area contributed by atoms with Crippen LogP contribution < -0.4 is 4.90 Å². The zero-order valence-electron chi connectivity index (χ0n) is 11.7. The van der Waals surface area contributed by atoms with Crippen molar-refractivity contribution in [3.63, 3.8) is 0 Å². The number of hydrogen-bond donors (Lipinski definition) is 1. The van der Waals surface area contributed by atoms with Gasteiger partial charge in [-0.3, -0.25) is 0 Å². The van der Waals surface area contributed by atoms with Crippen molar-refractivity contribution in [2.75, 3.05) is 18.0 Å². The van der Waals surface area contributed by atoms with E-state index < -0.39 is 23.2 Å². The molecule has 0 saturated carbocycles. The molecule has 2 rings (SSSR count). The lowest BCUT2D eigenvalue weighted by Gasteiger charge is -2.25. The van der Waals surface area contributed by atoms with E-state index >= 15 is 0 Å². The van der Waals surface area contributed by atoms with Crippen LogP contribution in [0.5, 0.6) is 0 Å². The van der Waals surface area contributed by atoms with Crippen LogP contribution >= 0.6 is 0 Å². The minimum absolute atomic E-state index is 0.158. The van der Waals surface area contributed by atoms with Crippen LogP contribution in [0.1, 0.15) is 43.5 Å². The minimum atomic E-state index is -1.45. The fourth-order valence-electron chi connectivity index (χ4n) is 2.61.